The lowest BCUT2D eigenvalue weighted by Crippen LogP contribution is -2.46. The predicted molar refractivity (Wildman–Crippen MR) is 50.0 cm³/mol. The Bertz CT molecular complexity index is 115. The first kappa shape index (κ1) is 11.9. The highest BCUT2D eigenvalue weighted by Crippen LogP contribution is 2.03. The molecule has 0 saturated carbocycles. The lowest BCUT2D eigenvalue weighted by molar-refractivity contribution is 0.123. The van der Waals surface area contributed by atoms with Crippen molar-refractivity contribution in [1.82, 2.24) is 5.32 Å². The van der Waals surface area contributed by atoms with Crippen molar-refractivity contribution >= 4 is 0 Å². The van der Waals surface area contributed by atoms with Crippen LogP contribution < -0.4 is 5.32 Å². The molecule has 3 heteroatoms. The zero-order chi connectivity index (χ0) is 9.72. The minimum atomic E-state index is -0.377. The van der Waals surface area contributed by atoms with Gasteiger partial charge in [-0.05, 0) is 19.8 Å². The van der Waals surface area contributed by atoms with E-state index in [0.29, 0.717) is 5.92 Å². The van der Waals surface area contributed by atoms with Gasteiger partial charge < -0.3 is 15.5 Å². The molecule has 3 unspecified atom stereocenters. The minimum Gasteiger partial charge on any atom is -0.395 e. The molecule has 0 amide bonds. The smallest absolute Gasteiger partial charge is 0.0662 e. The van der Waals surface area contributed by atoms with E-state index >= 15 is 0 Å². The van der Waals surface area contributed by atoms with Crippen LogP contribution in [-0.2, 0) is 0 Å². The third kappa shape index (κ3) is 4.04. The Labute approximate surface area is 74.8 Å². The molecular formula is C9H21NO2. The second-order valence-electron chi connectivity index (χ2n) is 3.73. The van der Waals surface area contributed by atoms with Crippen LogP contribution in [0.2, 0.25) is 0 Å². The summed E-state index contributed by atoms with van der Waals surface area (Å²) in [5.74, 6) is 0.385. The summed E-state index contributed by atoms with van der Waals surface area (Å²) in [6, 6.07) is 0.110. The number of hydrogen-bond acceptors (Lipinski definition) is 3. The highest BCUT2D eigenvalue weighted by molar-refractivity contribution is 4.76. The van der Waals surface area contributed by atoms with Crippen LogP contribution in [0.25, 0.3) is 0 Å². The molecule has 0 aliphatic heterocycles. The second kappa shape index (κ2) is 5.51. The Hall–Kier alpha value is -0.120. The van der Waals surface area contributed by atoms with E-state index in [2.05, 4.69) is 5.32 Å². The number of rotatable bonds is 5. The maximum absolute atomic E-state index is 9.20. The summed E-state index contributed by atoms with van der Waals surface area (Å²) < 4.78 is 0. The molecule has 0 bridgehead atoms. The fourth-order valence-corrected chi connectivity index (χ4v) is 0.933. The largest absolute Gasteiger partial charge is 0.395 e. The van der Waals surface area contributed by atoms with E-state index < -0.39 is 0 Å². The summed E-state index contributed by atoms with van der Waals surface area (Å²) >= 11 is 0. The standard InChI is InChI=1S/C9H21NO2/c1-6(2)9(5-11)10-7(3)8(4)12/h6-12H,5H2,1-4H3. The van der Waals surface area contributed by atoms with E-state index in [-0.39, 0.29) is 24.8 Å². The molecule has 0 aromatic carbocycles. The van der Waals surface area contributed by atoms with Crippen LogP contribution in [-0.4, -0.2) is 35.0 Å². The molecule has 0 radical (unpaired) electrons. The van der Waals surface area contributed by atoms with E-state index in [9.17, 15) is 5.11 Å². The quantitative estimate of drug-likeness (QED) is 0.565. The van der Waals surface area contributed by atoms with Crippen LogP contribution in [0.5, 0.6) is 0 Å². The lowest BCUT2D eigenvalue weighted by Gasteiger charge is -2.26. The van der Waals surface area contributed by atoms with Gasteiger partial charge >= 0.3 is 0 Å². The van der Waals surface area contributed by atoms with Crippen molar-refractivity contribution in [3.05, 3.63) is 0 Å². The van der Waals surface area contributed by atoms with Crippen LogP contribution >= 0.6 is 0 Å². The van der Waals surface area contributed by atoms with Crippen LogP contribution in [0.3, 0.4) is 0 Å². The first-order valence-corrected chi connectivity index (χ1v) is 4.54. The van der Waals surface area contributed by atoms with Gasteiger partial charge in [-0.2, -0.15) is 0 Å². The summed E-state index contributed by atoms with van der Waals surface area (Å²) in [5, 5.41) is 21.4. The Morgan fingerprint density at radius 2 is 1.67 bits per heavy atom. The molecule has 0 saturated heterocycles. The van der Waals surface area contributed by atoms with E-state index in [0.717, 1.165) is 0 Å². The molecule has 0 heterocycles. The van der Waals surface area contributed by atoms with Crippen molar-refractivity contribution in [2.75, 3.05) is 6.61 Å². The van der Waals surface area contributed by atoms with E-state index in [4.69, 9.17) is 5.11 Å². The minimum absolute atomic E-state index is 0.0320. The lowest BCUT2D eigenvalue weighted by atomic mass is 10.0. The van der Waals surface area contributed by atoms with E-state index in [1.54, 1.807) is 6.92 Å². The van der Waals surface area contributed by atoms with E-state index in [1.165, 1.54) is 0 Å². The van der Waals surface area contributed by atoms with Crippen molar-refractivity contribution < 1.29 is 10.2 Å². The van der Waals surface area contributed by atoms with Gasteiger partial charge in [-0.25, -0.2) is 0 Å². The molecule has 0 aliphatic carbocycles. The topological polar surface area (TPSA) is 52.5 Å². The van der Waals surface area contributed by atoms with Crippen LogP contribution in [0.1, 0.15) is 27.7 Å². The van der Waals surface area contributed by atoms with Gasteiger partial charge in [0.25, 0.3) is 0 Å². The van der Waals surface area contributed by atoms with Crippen molar-refractivity contribution in [3.8, 4) is 0 Å². The monoisotopic (exact) mass is 175 g/mol. The van der Waals surface area contributed by atoms with Crippen molar-refractivity contribution in [2.24, 2.45) is 5.92 Å². The molecule has 3 N–H and O–H groups in total. The molecule has 0 aromatic heterocycles. The predicted octanol–water partition coefficient (Wildman–Crippen LogP) is 0.362. The van der Waals surface area contributed by atoms with Crippen molar-refractivity contribution in [2.45, 2.75) is 45.9 Å². The molecule has 12 heavy (non-hydrogen) atoms. The summed E-state index contributed by atoms with van der Waals surface area (Å²) in [4.78, 5) is 0. The Morgan fingerprint density at radius 1 is 1.17 bits per heavy atom. The number of aliphatic hydroxyl groups is 2. The normalized spacial score (nSPS) is 19.2. The van der Waals surface area contributed by atoms with Gasteiger partial charge in [-0.1, -0.05) is 13.8 Å². The highest BCUT2D eigenvalue weighted by atomic mass is 16.3. The van der Waals surface area contributed by atoms with Crippen LogP contribution in [0, 0.1) is 5.92 Å². The Morgan fingerprint density at radius 3 is 1.92 bits per heavy atom. The summed E-state index contributed by atoms with van der Waals surface area (Å²) in [6.07, 6.45) is -0.377. The van der Waals surface area contributed by atoms with Crippen molar-refractivity contribution in [3.63, 3.8) is 0 Å². The average molecular weight is 175 g/mol. The second-order valence-corrected chi connectivity index (χ2v) is 3.73. The molecule has 0 rings (SSSR count). The van der Waals surface area contributed by atoms with Gasteiger partial charge in [0, 0.05) is 12.1 Å². The molecule has 0 fully saturated rings. The van der Waals surface area contributed by atoms with Gasteiger partial charge in [0.05, 0.1) is 12.7 Å². The molecule has 3 nitrogen and oxygen atoms in total. The van der Waals surface area contributed by atoms with E-state index in [1.807, 2.05) is 20.8 Å². The SMILES string of the molecule is CC(C)C(CO)NC(C)C(C)O. The van der Waals surface area contributed by atoms with Crippen LogP contribution in [0.15, 0.2) is 0 Å². The summed E-state index contributed by atoms with van der Waals surface area (Å²) in [6.45, 7) is 7.86. The summed E-state index contributed by atoms with van der Waals surface area (Å²) in [5.41, 5.74) is 0. The Kier molecular flexibility index (Phi) is 5.46. The van der Waals surface area contributed by atoms with Gasteiger partial charge in [-0.15, -0.1) is 0 Å². The molecule has 0 spiro atoms. The number of hydrogen-bond donors (Lipinski definition) is 3. The highest BCUT2D eigenvalue weighted by Gasteiger charge is 2.16. The first-order chi connectivity index (χ1) is 5.49. The molecule has 0 aromatic rings. The zero-order valence-corrected chi connectivity index (χ0v) is 8.41. The van der Waals surface area contributed by atoms with Gasteiger partial charge in [0.15, 0.2) is 0 Å². The molecule has 0 aliphatic rings. The first-order valence-electron chi connectivity index (χ1n) is 4.54. The number of aliphatic hydroxyl groups excluding tert-OH is 2. The maximum atomic E-state index is 9.20. The third-order valence-corrected chi connectivity index (χ3v) is 2.20. The molecule has 74 valence electrons. The average Bonchev–Trinajstić information content (AvgIpc) is 1.98. The molecule has 3 atom stereocenters. The van der Waals surface area contributed by atoms with Crippen molar-refractivity contribution in [1.29, 1.82) is 0 Å². The van der Waals surface area contributed by atoms with Crippen LogP contribution in [0.4, 0.5) is 0 Å². The molecular weight excluding hydrogens is 154 g/mol. The third-order valence-electron chi connectivity index (χ3n) is 2.20. The fourth-order valence-electron chi connectivity index (χ4n) is 0.933. The van der Waals surface area contributed by atoms with Gasteiger partial charge in [0.1, 0.15) is 0 Å². The Balaban J connectivity index is 3.85. The summed E-state index contributed by atoms with van der Waals surface area (Å²) in [7, 11) is 0. The fraction of sp³-hybridized carbons (Fsp3) is 1.00. The number of nitrogens with one attached hydrogen (secondary N) is 1. The zero-order valence-electron chi connectivity index (χ0n) is 8.41. The maximum Gasteiger partial charge on any atom is 0.0662 e. The van der Waals surface area contributed by atoms with Gasteiger partial charge in [-0.3, -0.25) is 0 Å². The van der Waals surface area contributed by atoms with Gasteiger partial charge in [0.2, 0.25) is 0 Å².